The molecule has 5 nitrogen and oxygen atoms in total. The van der Waals surface area contributed by atoms with Crippen LogP contribution in [0.5, 0.6) is 5.75 Å². The van der Waals surface area contributed by atoms with Crippen LogP contribution in [0, 0.1) is 0 Å². The fraction of sp³-hybridized carbons (Fsp3) is 0.417. The standard InChI is InChI=1S/C12H15NO4/c14-9-3-1-8(2-4-9)5-12(17)13-6-10(15)11(16)7-13/h1-4,10-11,14-16H,5-7H2. The highest BCUT2D eigenvalue weighted by Gasteiger charge is 2.32. The Hall–Kier alpha value is -1.59. The fourth-order valence-corrected chi connectivity index (χ4v) is 1.87. The minimum Gasteiger partial charge on any atom is -0.508 e. The molecule has 17 heavy (non-hydrogen) atoms. The van der Waals surface area contributed by atoms with E-state index < -0.39 is 12.2 Å². The number of β-amino-alcohol motifs (C(OH)–C–C–N with tert-alkyl or cyclic N) is 2. The van der Waals surface area contributed by atoms with Crippen molar-refractivity contribution in [2.24, 2.45) is 0 Å². The molecule has 1 aromatic rings. The average molecular weight is 237 g/mol. The molecular formula is C12H15NO4. The lowest BCUT2D eigenvalue weighted by Crippen LogP contribution is -2.31. The molecule has 0 aromatic heterocycles. The number of aromatic hydroxyl groups is 1. The molecule has 2 atom stereocenters. The molecule has 1 aromatic carbocycles. The van der Waals surface area contributed by atoms with E-state index >= 15 is 0 Å². The number of rotatable bonds is 2. The summed E-state index contributed by atoms with van der Waals surface area (Å²) in [6.07, 6.45) is -1.49. The van der Waals surface area contributed by atoms with Crippen LogP contribution >= 0.6 is 0 Å². The van der Waals surface area contributed by atoms with E-state index in [1.54, 1.807) is 12.1 Å². The Labute approximate surface area is 98.9 Å². The zero-order valence-electron chi connectivity index (χ0n) is 9.28. The lowest BCUT2D eigenvalue weighted by molar-refractivity contribution is -0.129. The number of likely N-dealkylation sites (tertiary alicyclic amines) is 1. The van der Waals surface area contributed by atoms with Crippen molar-refractivity contribution in [1.29, 1.82) is 0 Å². The molecule has 3 N–H and O–H groups in total. The molecule has 1 fully saturated rings. The monoisotopic (exact) mass is 237 g/mol. The summed E-state index contributed by atoms with van der Waals surface area (Å²) in [5.74, 6) is 0.0273. The van der Waals surface area contributed by atoms with Gasteiger partial charge in [-0.15, -0.1) is 0 Å². The largest absolute Gasteiger partial charge is 0.508 e. The van der Waals surface area contributed by atoms with E-state index in [9.17, 15) is 15.0 Å². The SMILES string of the molecule is O=C(Cc1ccc(O)cc1)N1CC(O)C(O)C1. The van der Waals surface area contributed by atoms with E-state index in [0.717, 1.165) is 5.56 Å². The zero-order valence-corrected chi connectivity index (χ0v) is 9.28. The minimum atomic E-state index is -0.848. The molecule has 2 unspecified atom stereocenters. The van der Waals surface area contributed by atoms with E-state index in [-0.39, 0.29) is 31.2 Å². The van der Waals surface area contributed by atoms with Crippen molar-refractivity contribution in [3.05, 3.63) is 29.8 Å². The van der Waals surface area contributed by atoms with Crippen molar-refractivity contribution in [3.63, 3.8) is 0 Å². The van der Waals surface area contributed by atoms with Crippen LogP contribution in [0.2, 0.25) is 0 Å². The van der Waals surface area contributed by atoms with Crippen LogP contribution in [0.3, 0.4) is 0 Å². The smallest absolute Gasteiger partial charge is 0.227 e. The highest BCUT2D eigenvalue weighted by atomic mass is 16.3. The Morgan fingerprint density at radius 1 is 1.18 bits per heavy atom. The van der Waals surface area contributed by atoms with E-state index in [1.165, 1.54) is 17.0 Å². The van der Waals surface area contributed by atoms with Gasteiger partial charge in [0.15, 0.2) is 0 Å². The van der Waals surface area contributed by atoms with Gasteiger partial charge in [-0.1, -0.05) is 12.1 Å². The molecule has 0 saturated carbocycles. The molecule has 1 heterocycles. The van der Waals surface area contributed by atoms with Crippen LogP contribution in [0.1, 0.15) is 5.56 Å². The molecule has 0 spiro atoms. The first kappa shape index (κ1) is 11.9. The summed E-state index contributed by atoms with van der Waals surface area (Å²) in [7, 11) is 0. The number of carbonyl (C=O) groups excluding carboxylic acids is 1. The number of carbonyl (C=O) groups is 1. The maximum Gasteiger partial charge on any atom is 0.227 e. The Morgan fingerprint density at radius 3 is 2.24 bits per heavy atom. The summed E-state index contributed by atoms with van der Waals surface area (Å²) in [5.41, 5.74) is 0.795. The Balaban J connectivity index is 1.96. The average Bonchev–Trinajstić information content (AvgIpc) is 2.63. The maximum absolute atomic E-state index is 11.8. The van der Waals surface area contributed by atoms with Gasteiger partial charge in [-0.2, -0.15) is 0 Å². The lowest BCUT2D eigenvalue weighted by Gasteiger charge is -2.15. The highest BCUT2D eigenvalue weighted by Crippen LogP contribution is 2.14. The van der Waals surface area contributed by atoms with Gasteiger partial charge in [-0.3, -0.25) is 4.79 Å². The van der Waals surface area contributed by atoms with Crippen LogP contribution in [0.15, 0.2) is 24.3 Å². The first-order valence-electron chi connectivity index (χ1n) is 5.48. The predicted molar refractivity (Wildman–Crippen MR) is 60.4 cm³/mol. The van der Waals surface area contributed by atoms with Crippen molar-refractivity contribution in [1.82, 2.24) is 4.90 Å². The van der Waals surface area contributed by atoms with Gasteiger partial charge < -0.3 is 20.2 Å². The topological polar surface area (TPSA) is 81.0 Å². The van der Waals surface area contributed by atoms with Crippen LogP contribution < -0.4 is 0 Å². The molecule has 1 saturated heterocycles. The first-order valence-corrected chi connectivity index (χ1v) is 5.48. The number of phenols is 1. The third-order valence-electron chi connectivity index (χ3n) is 2.90. The second kappa shape index (κ2) is 4.73. The molecule has 2 rings (SSSR count). The van der Waals surface area contributed by atoms with Gasteiger partial charge in [0.25, 0.3) is 0 Å². The summed E-state index contributed by atoms with van der Waals surface area (Å²) in [6, 6.07) is 6.40. The van der Waals surface area contributed by atoms with Gasteiger partial charge in [0.1, 0.15) is 5.75 Å². The quantitative estimate of drug-likeness (QED) is 0.647. The van der Waals surface area contributed by atoms with Crippen LogP contribution in [0.25, 0.3) is 0 Å². The normalized spacial score (nSPS) is 24.0. The van der Waals surface area contributed by atoms with E-state index in [1.807, 2.05) is 0 Å². The second-order valence-corrected chi connectivity index (χ2v) is 4.28. The van der Waals surface area contributed by atoms with Crippen LogP contribution in [-0.4, -0.2) is 51.4 Å². The minimum absolute atomic E-state index is 0.133. The molecule has 5 heteroatoms. The van der Waals surface area contributed by atoms with Gasteiger partial charge >= 0.3 is 0 Å². The molecule has 1 aliphatic rings. The van der Waals surface area contributed by atoms with Crippen molar-refractivity contribution >= 4 is 5.91 Å². The number of nitrogens with zero attached hydrogens (tertiary/aromatic N) is 1. The number of hydrogen-bond acceptors (Lipinski definition) is 4. The molecule has 92 valence electrons. The third kappa shape index (κ3) is 2.75. The zero-order chi connectivity index (χ0) is 12.4. The van der Waals surface area contributed by atoms with Crippen LogP contribution in [-0.2, 0) is 11.2 Å². The summed E-state index contributed by atoms with van der Waals surface area (Å²) in [4.78, 5) is 13.3. The molecule has 0 aliphatic carbocycles. The number of aliphatic hydroxyl groups excluding tert-OH is 2. The second-order valence-electron chi connectivity index (χ2n) is 4.28. The summed E-state index contributed by atoms with van der Waals surface area (Å²) >= 11 is 0. The molecule has 1 aliphatic heterocycles. The predicted octanol–water partition coefficient (Wildman–Crippen LogP) is -0.501. The summed E-state index contributed by atoms with van der Waals surface area (Å²) in [5, 5.41) is 27.8. The molecule has 1 amide bonds. The highest BCUT2D eigenvalue weighted by molar-refractivity contribution is 5.79. The van der Waals surface area contributed by atoms with Crippen molar-refractivity contribution in [3.8, 4) is 5.75 Å². The van der Waals surface area contributed by atoms with Crippen LogP contribution in [0.4, 0.5) is 0 Å². The van der Waals surface area contributed by atoms with Gasteiger partial charge in [0.2, 0.25) is 5.91 Å². The first-order chi connectivity index (χ1) is 8.06. The van der Waals surface area contributed by atoms with Gasteiger partial charge in [0, 0.05) is 13.1 Å². The van der Waals surface area contributed by atoms with E-state index in [2.05, 4.69) is 0 Å². The number of hydrogen-bond donors (Lipinski definition) is 3. The van der Waals surface area contributed by atoms with E-state index in [0.29, 0.717) is 0 Å². The lowest BCUT2D eigenvalue weighted by atomic mass is 10.1. The summed E-state index contributed by atoms with van der Waals surface area (Å²) < 4.78 is 0. The summed E-state index contributed by atoms with van der Waals surface area (Å²) in [6.45, 7) is 0.357. The molecular weight excluding hydrogens is 222 g/mol. The van der Waals surface area contributed by atoms with E-state index in [4.69, 9.17) is 5.11 Å². The Bertz CT molecular complexity index is 393. The number of amides is 1. The van der Waals surface area contributed by atoms with Crippen molar-refractivity contribution in [2.75, 3.05) is 13.1 Å². The van der Waals surface area contributed by atoms with Crippen molar-refractivity contribution in [2.45, 2.75) is 18.6 Å². The van der Waals surface area contributed by atoms with Gasteiger partial charge in [0.05, 0.1) is 18.6 Å². The number of aliphatic hydroxyl groups is 2. The van der Waals surface area contributed by atoms with Crippen molar-refractivity contribution < 1.29 is 20.1 Å². The fourth-order valence-electron chi connectivity index (χ4n) is 1.87. The molecule has 0 radical (unpaired) electrons. The van der Waals surface area contributed by atoms with Gasteiger partial charge in [-0.05, 0) is 17.7 Å². The third-order valence-corrected chi connectivity index (χ3v) is 2.90. The Morgan fingerprint density at radius 2 is 1.71 bits per heavy atom. The maximum atomic E-state index is 11.8. The number of phenolic OH excluding ortho intramolecular Hbond substituents is 1. The molecule has 0 bridgehead atoms. The number of benzene rings is 1. The van der Waals surface area contributed by atoms with Gasteiger partial charge in [-0.25, -0.2) is 0 Å². The Kier molecular flexibility index (Phi) is 3.31.